The first-order valence-electron chi connectivity index (χ1n) is 7.81. The van der Waals surface area contributed by atoms with E-state index in [1.165, 1.54) is 6.92 Å². The molecule has 1 unspecified atom stereocenters. The number of hydrogen-bond acceptors (Lipinski definition) is 4. The molecule has 5 nitrogen and oxygen atoms in total. The van der Waals surface area contributed by atoms with Gasteiger partial charge in [0, 0.05) is 43.7 Å². The van der Waals surface area contributed by atoms with Crippen LogP contribution in [0.4, 0.5) is 5.69 Å². The molecule has 0 spiro atoms. The van der Waals surface area contributed by atoms with Crippen molar-refractivity contribution in [3.8, 4) is 0 Å². The first-order chi connectivity index (χ1) is 11.6. The number of aromatic nitrogens is 1. The van der Waals surface area contributed by atoms with Gasteiger partial charge in [-0.1, -0.05) is 12.1 Å². The third-order valence-corrected chi connectivity index (χ3v) is 5.10. The molecule has 0 bridgehead atoms. The lowest BCUT2D eigenvalue weighted by molar-refractivity contribution is -0.132. The van der Waals surface area contributed by atoms with Gasteiger partial charge in [-0.2, -0.15) is 0 Å². The molecule has 24 heavy (non-hydrogen) atoms. The van der Waals surface area contributed by atoms with Crippen LogP contribution in [-0.4, -0.2) is 27.5 Å². The molecule has 2 aromatic rings. The highest BCUT2D eigenvalue weighted by Gasteiger charge is 2.29. The van der Waals surface area contributed by atoms with E-state index >= 15 is 0 Å². The van der Waals surface area contributed by atoms with E-state index in [0.29, 0.717) is 13.0 Å². The lowest BCUT2D eigenvalue weighted by Crippen LogP contribution is -2.36. The fourth-order valence-electron chi connectivity index (χ4n) is 2.69. The summed E-state index contributed by atoms with van der Waals surface area (Å²) < 4.78 is 0. The Morgan fingerprint density at radius 2 is 1.96 bits per heavy atom. The van der Waals surface area contributed by atoms with E-state index in [9.17, 15) is 9.59 Å². The number of nitrogens with one attached hydrogen (secondary N) is 1. The van der Waals surface area contributed by atoms with E-state index in [1.807, 2.05) is 41.3 Å². The number of rotatable bonds is 4. The van der Waals surface area contributed by atoms with Crippen LogP contribution in [-0.2, 0) is 16.1 Å². The predicted molar refractivity (Wildman–Crippen MR) is 95.3 cm³/mol. The Morgan fingerprint density at radius 3 is 2.62 bits per heavy atom. The summed E-state index contributed by atoms with van der Waals surface area (Å²) in [7, 11) is 0. The molecule has 1 fully saturated rings. The average Bonchev–Trinajstić information content (AvgIpc) is 2.58. The molecule has 1 aromatic carbocycles. The van der Waals surface area contributed by atoms with Crippen molar-refractivity contribution in [2.45, 2.75) is 25.3 Å². The van der Waals surface area contributed by atoms with Crippen molar-refractivity contribution in [2.24, 2.45) is 0 Å². The van der Waals surface area contributed by atoms with Crippen molar-refractivity contribution in [1.29, 1.82) is 0 Å². The minimum atomic E-state index is -0.0933. The molecule has 1 aromatic heterocycles. The minimum absolute atomic E-state index is 0.00852. The Labute approximate surface area is 145 Å². The van der Waals surface area contributed by atoms with Gasteiger partial charge in [-0.15, -0.1) is 11.8 Å². The number of carbonyl (C=O) groups is 2. The van der Waals surface area contributed by atoms with Gasteiger partial charge in [-0.3, -0.25) is 14.6 Å². The van der Waals surface area contributed by atoms with Crippen LogP contribution < -0.4 is 5.32 Å². The second-order valence-electron chi connectivity index (χ2n) is 5.65. The molecule has 1 atom stereocenters. The number of hydrogen-bond donors (Lipinski definition) is 1. The third kappa shape index (κ3) is 3.94. The Morgan fingerprint density at radius 1 is 1.25 bits per heavy atom. The number of benzene rings is 1. The first kappa shape index (κ1) is 16.5. The SMILES string of the molecule is CC(=O)Nc1ccc(C2SCCC(=O)N2Cc2ccncc2)cc1. The summed E-state index contributed by atoms with van der Waals surface area (Å²) >= 11 is 1.77. The van der Waals surface area contributed by atoms with E-state index in [-0.39, 0.29) is 17.2 Å². The van der Waals surface area contributed by atoms with E-state index < -0.39 is 0 Å². The van der Waals surface area contributed by atoms with Gasteiger partial charge in [-0.25, -0.2) is 0 Å². The van der Waals surface area contributed by atoms with Gasteiger partial charge >= 0.3 is 0 Å². The Balaban J connectivity index is 1.80. The summed E-state index contributed by atoms with van der Waals surface area (Å²) in [6.45, 7) is 2.06. The summed E-state index contributed by atoms with van der Waals surface area (Å²) in [4.78, 5) is 29.5. The third-order valence-electron chi connectivity index (χ3n) is 3.81. The number of anilines is 1. The molecule has 1 saturated heterocycles. The van der Waals surface area contributed by atoms with E-state index in [4.69, 9.17) is 0 Å². The molecule has 1 aliphatic rings. The molecule has 0 radical (unpaired) electrons. The summed E-state index contributed by atoms with van der Waals surface area (Å²) in [6.07, 6.45) is 4.05. The van der Waals surface area contributed by atoms with Crippen LogP contribution in [0.1, 0.15) is 29.8 Å². The zero-order chi connectivity index (χ0) is 16.9. The summed E-state index contributed by atoms with van der Waals surface area (Å²) in [5, 5.41) is 2.75. The van der Waals surface area contributed by atoms with Crippen molar-refractivity contribution >= 4 is 29.3 Å². The van der Waals surface area contributed by atoms with Crippen LogP contribution >= 0.6 is 11.8 Å². The van der Waals surface area contributed by atoms with Crippen molar-refractivity contribution in [3.05, 3.63) is 59.9 Å². The molecule has 1 N–H and O–H groups in total. The zero-order valence-corrected chi connectivity index (χ0v) is 14.3. The van der Waals surface area contributed by atoms with Crippen molar-refractivity contribution < 1.29 is 9.59 Å². The molecule has 6 heteroatoms. The zero-order valence-electron chi connectivity index (χ0n) is 13.4. The highest BCUT2D eigenvalue weighted by molar-refractivity contribution is 7.99. The van der Waals surface area contributed by atoms with E-state index in [1.54, 1.807) is 24.2 Å². The molecule has 2 amide bonds. The minimum Gasteiger partial charge on any atom is -0.326 e. The second kappa shape index (κ2) is 7.49. The van der Waals surface area contributed by atoms with E-state index in [2.05, 4.69) is 10.3 Å². The van der Waals surface area contributed by atoms with Gasteiger partial charge in [0.1, 0.15) is 5.37 Å². The lowest BCUT2D eigenvalue weighted by Gasteiger charge is -2.35. The van der Waals surface area contributed by atoms with Gasteiger partial charge in [0.05, 0.1) is 0 Å². The van der Waals surface area contributed by atoms with Crippen LogP contribution in [0.2, 0.25) is 0 Å². The smallest absolute Gasteiger partial charge is 0.224 e. The van der Waals surface area contributed by atoms with Crippen LogP contribution in [0, 0.1) is 0 Å². The normalized spacial score (nSPS) is 17.6. The van der Waals surface area contributed by atoms with Gasteiger partial charge in [-0.05, 0) is 35.4 Å². The summed E-state index contributed by atoms with van der Waals surface area (Å²) in [6, 6.07) is 11.6. The maximum atomic E-state index is 12.4. The van der Waals surface area contributed by atoms with Crippen LogP contribution in [0.5, 0.6) is 0 Å². The predicted octanol–water partition coefficient (Wildman–Crippen LogP) is 3.20. The van der Waals surface area contributed by atoms with Gasteiger partial charge in [0.2, 0.25) is 11.8 Å². The van der Waals surface area contributed by atoms with Gasteiger partial charge in [0.25, 0.3) is 0 Å². The van der Waals surface area contributed by atoms with Crippen molar-refractivity contribution in [2.75, 3.05) is 11.1 Å². The number of nitrogens with zero attached hydrogens (tertiary/aromatic N) is 2. The van der Waals surface area contributed by atoms with E-state index in [0.717, 1.165) is 22.6 Å². The fourth-order valence-corrected chi connectivity index (χ4v) is 3.93. The molecule has 0 aliphatic carbocycles. The van der Waals surface area contributed by atoms with Gasteiger partial charge in [0.15, 0.2) is 0 Å². The van der Waals surface area contributed by atoms with Gasteiger partial charge < -0.3 is 10.2 Å². The average molecular weight is 341 g/mol. The molecular weight excluding hydrogens is 322 g/mol. The monoisotopic (exact) mass is 341 g/mol. The Bertz CT molecular complexity index is 719. The number of carbonyl (C=O) groups excluding carboxylic acids is 2. The largest absolute Gasteiger partial charge is 0.326 e. The Hall–Kier alpha value is -2.34. The summed E-state index contributed by atoms with van der Waals surface area (Å²) in [5.74, 6) is 0.898. The molecule has 0 saturated carbocycles. The van der Waals surface area contributed by atoms with Crippen LogP contribution in [0.25, 0.3) is 0 Å². The fraction of sp³-hybridized carbons (Fsp3) is 0.278. The number of thioether (sulfide) groups is 1. The quantitative estimate of drug-likeness (QED) is 0.927. The maximum Gasteiger partial charge on any atom is 0.224 e. The number of amides is 2. The van der Waals surface area contributed by atoms with Crippen LogP contribution in [0.15, 0.2) is 48.8 Å². The second-order valence-corrected chi connectivity index (χ2v) is 6.84. The summed E-state index contributed by atoms with van der Waals surface area (Å²) in [5.41, 5.74) is 2.90. The first-order valence-corrected chi connectivity index (χ1v) is 8.86. The van der Waals surface area contributed by atoms with Crippen molar-refractivity contribution in [3.63, 3.8) is 0 Å². The standard InChI is InChI=1S/C18H19N3O2S/c1-13(22)20-16-4-2-15(3-5-16)18-21(17(23)8-11-24-18)12-14-6-9-19-10-7-14/h2-7,9-10,18H,8,11-12H2,1H3,(H,20,22). The Kier molecular flexibility index (Phi) is 5.15. The maximum absolute atomic E-state index is 12.4. The molecule has 124 valence electrons. The topological polar surface area (TPSA) is 62.3 Å². The highest BCUT2D eigenvalue weighted by atomic mass is 32.2. The molecule has 1 aliphatic heterocycles. The lowest BCUT2D eigenvalue weighted by atomic mass is 10.1. The molecular formula is C18H19N3O2S. The molecule has 3 rings (SSSR count). The number of pyridine rings is 1. The van der Waals surface area contributed by atoms with Crippen molar-refractivity contribution in [1.82, 2.24) is 9.88 Å². The van der Waals surface area contributed by atoms with Crippen LogP contribution in [0.3, 0.4) is 0 Å². The highest BCUT2D eigenvalue weighted by Crippen LogP contribution is 2.38. The molecule has 2 heterocycles.